The molecule has 0 bridgehead atoms. The summed E-state index contributed by atoms with van der Waals surface area (Å²) in [6.07, 6.45) is 9.15. The van der Waals surface area contributed by atoms with Crippen molar-refractivity contribution in [1.82, 2.24) is 14.5 Å². The number of amides is 1. The molecule has 6 nitrogen and oxygen atoms in total. The van der Waals surface area contributed by atoms with Gasteiger partial charge in [0.1, 0.15) is 5.82 Å². The zero-order valence-corrected chi connectivity index (χ0v) is 18.5. The molecule has 2 aromatic carbocycles. The van der Waals surface area contributed by atoms with Crippen molar-refractivity contribution in [2.24, 2.45) is 0 Å². The standard InChI is InChI=1S/C27H27N5O/c33-27(20-32(24-11-2-1-3-12-24)18-21-8-7-14-28-17-21)29-23-10-6-9-22(16-23)25-19-31-15-5-4-13-26(31)30-25/h1-3,6-12,14,16-17,19H,4-5,13,15,18,20H2,(H,29,33). The third-order valence-electron chi connectivity index (χ3n) is 5.90. The lowest BCUT2D eigenvalue weighted by Crippen LogP contribution is -2.33. The molecular formula is C27H27N5O. The Kier molecular flexibility index (Phi) is 6.15. The Morgan fingerprint density at radius 2 is 1.94 bits per heavy atom. The van der Waals surface area contributed by atoms with Gasteiger partial charge in [0.2, 0.25) is 5.91 Å². The van der Waals surface area contributed by atoms with Crippen LogP contribution in [0.5, 0.6) is 0 Å². The molecular weight excluding hydrogens is 410 g/mol. The zero-order valence-electron chi connectivity index (χ0n) is 18.5. The van der Waals surface area contributed by atoms with Crippen LogP contribution in [0.3, 0.4) is 0 Å². The Morgan fingerprint density at radius 3 is 2.76 bits per heavy atom. The summed E-state index contributed by atoms with van der Waals surface area (Å²) in [5, 5.41) is 3.07. The number of hydrogen-bond donors (Lipinski definition) is 1. The van der Waals surface area contributed by atoms with E-state index in [4.69, 9.17) is 4.98 Å². The Balaban J connectivity index is 1.31. The SMILES string of the molecule is O=C(CN(Cc1cccnc1)c1ccccc1)Nc1cccc(-c2cn3c(n2)CCCC3)c1. The minimum Gasteiger partial charge on any atom is -0.358 e. The molecule has 2 aromatic heterocycles. The number of nitrogens with zero attached hydrogens (tertiary/aromatic N) is 4. The highest BCUT2D eigenvalue weighted by Gasteiger charge is 2.15. The second kappa shape index (κ2) is 9.69. The normalized spacial score (nSPS) is 12.7. The number of aromatic nitrogens is 3. The van der Waals surface area contributed by atoms with Crippen molar-refractivity contribution >= 4 is 17.3 Å². The maximum Gasteiger partial charge on any atom is 0.243 e. The Bertz CT molecular complexity index is 1200. The molecule has 5 rings (SSSR count). The van der Waals surface area contributed by atoms with E-state index in [1.54, 1.807) is 6.20 Å². The van der Waals surface area contributed by atoms with Gasteiger partial charge >= 0.3 is 0 Å². The first-order valence-corrected chi connectivity index (χ1v) is 11.4. The van der Waals surface area contributed by atoms with Gasteiger partial charge in [0, 0.05) is 55.0 Å². The number of fused-ring (bicyclic) bond motifs is 1. The molecule has 3 heterocycles. The average Bonchev–Trinajstić information content (AvgIpc) is 3.30. The number of pyridine rings is 1. The topological polar surface area (TPSA) is 63.1 Å². The highest BCUT2D eigenvalue weighted by atomic mass is 16.2. The molecule has 0 saturated carbocycles. The molecule has 1 amide bonds. The molecule has 4 aromatic rings. The number of rotatable bonds is 7. The maximum absolute atomic E-state index is 13.0. The van der Waals surface area contributed by atoms with Crippen LogP contribution < -0.4 is 10.2 Å². The van der Waals surface area contributed by atoms with Crippen LogP contribution in [0.25, 0.3) is 11.3 Å². The third-order valence-corrected chi connectivity index (χ3v) is 5.90. The van der Waals surface area contributed by atoms with Gasteiger partial charge in [-0.25, -0.2) is 4.98 Å². The predicted molar refractivity (Wildman–Crippen MR) is 131 cm³/mol. The lowest BCUT2D eigenvalue weighted by atomic mass is 10.1. The second-order valence-electron chi connectivity index (χ2n) is 8.37. The van der Waals surface area contributed by atoms with Gasteiger partial charge in [0.05, 0.1) is 12.2 Å². The van der Waals surface area contributed by atoms with E-state index in [-0.39, 0.29) is 12.5 Å². The molecule has 0 atom stereocenters. The van der Waals surface area contributed by atoms with Crippen LogP contribution in [0.4, 0.5) is 11.4 Å². The monoisotopic (exact) mass is 437 g/mol. The summed E-state index contributed by atoms with van der Waals surface area (Å²) in [5.41, 5.74) is 4.81. The number of imidazole rings is 1. The largest absolute Gasteiger partial charge is 0.358 e. The minimum absolute atomic E-state index is 0.0657. The van der Waals surface area contributed by atoms with E-state index in [0.29, 0.717) is 6.54 Å². The Morgan fingerprint density at radius 1 is 1.03 bits per heavy atom. The molecule has 0 unspecified atom stereocenters. The molecule has 0 saturated heterocycles. The molecule has 6 heteroatoms. The van der Waals surface area contributed by atoms with Crippen molar-refractivity contribution in [1.29, 1.82) is 0 Å². The summed E-state index contributed by atoms with van der Waals surface area (Å²) < 4.78 is 2.25. The summed E-state index contributed by atoms with van der Waals surface area (Å²) in [5.74, 6) is 1.09. The van der Waals surface area contributed by atoms with Crippen LogP contribution in [0.15, 0.2) is 85.3 Å². The van der Waals surface area contributed by atoms with Crippen molar-refractivity contribution in [3.8, 4) is 11.3 Å². The molecule has 1 aliphatic heterocycles. The first-order valence-electron chi connectivity index (χ1n) is 11.4. The minimum atomic E-state index is -0.0657. The zero-order chi connectivity index (χ0) is 22.5. The number of hydrogen-bond acceptors (Lipinski definition) is 4. The van der Waals surface area contributed by atoms with Gasteiger partial charge in [-0.15, -0.1) is 0 Å². The van der Waals surface area contributed by atoms with Gasteiger partial charge in [-0.3, -0.25) is 9.78 Å². The average molecular weight is 438 g/mol. The van der Waals surface area contributed by atoms with E-state index in [1.165, 1.54) is 12.8 Å². The Hall–Kier alpha value is -3.93. The number of nitrogens with one attached hydrogen (secondary N) is 1. The molecule has 0 fully saturated rings. The number of para-hydroxylation sites is 1. The van der Waals surface area contributed by atoms with Gasteiger partial charge in [-0.05, 0) is 48.7 Å². The van der Waals surface area contributed by atoms with Gasteiger partial charge < -0.3 is 14.8 Å². The van der Waals surface area contributed by atoms with E-state index in [2.05, 4.69) is 26.0 Å². The third kappa shape index (κ3) is 5.12. The maximum atomic E-state index is 13.0. The highest BCUT2D eigenvalue weighted by molar-refractivity contribution is 5.94. The van der Waals surface area contributed by atoms with E-state index >= 15 is 0 Å². The van der Waals surface area contributed by atoms with Crippen molar-refractivity contribution in [2.45, 2.75) is 32.4 Å². The first-order chi connectivity index (χ1) is 16.2. The fourth-order valence-corrected chi connectivity index (χ4v) is 4.27. The van der Waals surface area contributed by atoms with Crippen LogP contribution in [-0.2, 0) is 24.3 Å². The van der Waals surface area contributed by atoms with Crippen molar-refractivity contribution in [2.75, 3.05) is 16.8 Å². The molecule has 0 radical (unpaired) electrons. The van der Waals surface area contributed by atoms with Crippen LogP contribution in [0, 0.1) is 0 Å². The van der Waals surface area contributed by atoms with Crippen LogP contribution in [0.1, 0.15) is 24.2 Å². The van der Waals surface area contributed by atoms with E-state index in [1.807, 2.05) is 72.9 Å². The summed E-state index contributed by atoms with van der Waals surface area (Å²) >= 11 is 0. The van der Waals surface area contributed by atoms with Crippen molar-refractivity contribution in [3.05, 3.63) is 96.7 Å². The molecule has 33 heavy (non-hydrogen) atoms. The van der Waals surface area contributed by atoms with Gasteiger partial charge in [0.25, 0.3) is 0 Å². The second-order valence-corrected chi connectivity index (χ2v) is 8.37. The molecule has 166 valence electrons. The van der Waals surface area contributed by atoms with Gasteiger partial charge in [-0.2, -0.15) is 0 Å². The number of carbonyl (C=O) groups is 1. The fraction of sp³-hybridized carbons (Fsp3) is 0.222. The van der Waals surface area contributed by atoms with Gasteiger partial charge in [-0.1, -0.05) is 36.4 Å². The quantitative estimate of drug-likeness (QED) is 0.445. The molecule has 1 aliphatic rings. The van der Waals surface area contributed by atoms with Crippen LogP contribution >= 0.6 is 0 Å². The summed E-state index contributed by atoms with van der Waals surface area (Å²) in [4.78, 5) is 24.1. The first kappa shape index (κ1) is 20.9. The number of aryl methyl sites for hydroxylation is 2. The highest BCUT2D eigenvalue weighted by Crippen LogP contribution is 2.25. The smallest absolute Gasteiger partial charge is 0.243 e. The molecule has 0 aliphatic carbocycles. The fourth-order valence-electron chi connectivity index (χ4n) is 4.27. The molecule has 0 spiro atoms. The number of benzene rings is 2. The summed E-state index contributed by atoms with van der Waals surface area (Å²) in [6, 6.07) is 21.9. The van der Waals surface area contributed by atoms with E-state index in [9.17, 15) is 4.79 Å². The van der Waals surface area contributed by atoms with Crippen LogP contribution in [-0.4, -0.2) is 27.0 Å². The van der Waals surface area contributed by atoms with E-state index < -0.39 is 0 Å². The summed E-state index contributed by atoms with van der Waals surface area (Å²) in [7, 11) is 0. The van der Waals surface area contributed by atoms with E-state index in [0.717, 1.165) is 47.0 Å². The lowest BCUT2D eigenvalue weighted by molar-refractivity contribution is -0.115. The summed E-state index contributed by atoms with van der Waals surface area (Å²) in [6.45, 7) is 1.87. The number of carbonyl (C=O) groups excluding carboxylic acids is 1. The van der Waals surface area contributed by atoms with Gasteiger partial charge in [0.15, 0.2) is 0 Å². The lowest BCUT2D eigenvalue weighted by Gasteiger charge is -2.24. The van der Waals surface area contributed by atoms with Crippen molar-refractivity contribution in [3.63, 3.8) is 0 Å². The number of anilines is 2. The Labute approximate surface area is 193 Å². The van der Waals surface area contributed by atoms with Crippen molar-refractivity contribution < 1.29 is 4.79 Å². The van der Waals surface area contributed by atoms with Crippen LogP contribution in [0.2, 0.25) is 0 Å². The molecule has 1 N–H and O–H groups in total. The predicted octanol–water partition coefficient (Wildman–Crippen LogP) is 4.93.